The third-order valence-corrected chi connectivity index (χ3v) is 4.34. The first-order valence-corrected chi connectivity index (χ1v) is 7.57. The molecule has 1 fully saturated rings. The van der Waals surface area contributed by atoms with Gasteiger partial charge in [-0.05, 0) is 25.7 Å². The normalized spacial score (nSPS) is 26.3. The van der Waals surface area contributed by atoms with Gasteiger partial charge in [-0.3, -0.25) is 9.59 Å². The van der Waals surface area contributed by atoms with Crippen molar-refractivity contribution >= 4 is 11.8 Å². The summed E-state index contributed by atoms with van der Waals surface area (Å²) in [7, 11) is 0. The SMILES string of the molecule is CCC(C)C1NC(=O)CC(C)N(C(CC)CC)C1=O. The molecule has 3 atom stereocenters. The van der Waals surface area contributed by atoms with Crippen LogP contribution in [0.25, 0.3) is 0 Å². The number of nitrogens with one attached hydrogen (secondary N) is 1. The molecule has 4 nitrogen and oxygen atoms in total. The summed E-state index contributed by atoms with van der Waals surface area (Å²) in [5, 5.41) is 2.91. The van der Waals surface area contributed by atoms with Crippen LogP contribution in [0, 0.1) is 5.92 Å². The third-order valence-electron chi connectivity index (χ3n) is 4.34. The van der Waals surface area contributed by atoms with E-state index in [-0.39, 0.29) is 35.9 Å². The van der Waals surface area contributed by atoms with Gasteiger partial charge in [-0.25, -0.2) is 0 Å². The quantitative estimate of drug-likeness (QED) is 0.832. The van der Waals surface area contributed by atoms with Crippen molar-refractivity contribution < 1.29 is 9.59 Å². The predicted octanol–water partition coefficient (Wildman–Crippen LogP) is 2.33. The van der Waals surface area contributed by atoms with Crippen molar-refractivity contribution in [3.05, 3.63) is 0 Å². The molecule has 0 aromatic heterocycles. The first-order valence-electron chi connectivity index (χ1n) is 7.57. The van der Waals surface area contributed by atoms with Crippen LogP contribution in [0.5, 0.6) is 0 Å². The fourth-order valence-electron chi connectivity index (χ4n) is 2.88. The van der Waals surface area contributed by atoms with Gasteiger partial charge in [0.25, 0.3) is 0 Å². The second-order valence-electron chi connectivity index (χ2n) is 5.70. The van der Waals surface area contributed by atoms with Gasteiger partial charge >= 0.3 is 0 Å². The lowest BCUT2D eigenvalue weighted by atomic mass is 9.96. The summed E-state index contributed by atoms with van der Waals surface area (Å²) in [5.41, 5.74) is 0. The molecular weight excluding hydrogens is 240 g/mol. The lowest BCUT2D eigenvalue weighted by Crippen LogP contribution is -2.52. The zero-order valence-corrected chi connectivity index (χ0v) is 12.9. The minimum absolute atomic E-state index is 0.000365. The van der Waals surface area contributed by atoms with E-state index in [0.29, 0.717) is 6.42 Å². The molecule has 2 amide bonds. The molecule has 1 heterocycles. The average molecular weight is 268 g/mol. The van der Waals surface area contributed by atoms with Crippen LogP contribution < -0.4 is 5.32 Å². The molecule has 1 N–H and O–H groups in total. The third kappa shape index (κ3) is 3.48. The van der Waals surface area contributed by atoms with Crippen molar-refractivity contribution in [1.82, 2.24) is 10.2 Å². The number of rotatable bonds is 5. The molecule has 0 radical (unpaired) electrons. The molecule has 0 aromatic rings. The van der Waals surface area contributed by atoms with E-state index in [9.17, 15) is 9.59 Å². The fourth-order valence-corrected chi connectivity index (χ4v) is 2.88. The molecule has 3 unspecified atom stereocenters. The number of carbonyl (C=O) groups is 2. The highest BCUT2D eigenvalue weighted by Crippen LogP contribution is 2.22. The average Bonchev–Trinajstić information content (AvgIpc) is 2.49. The number of hydrogen-bond acceptors (Lipinski definition) is 2. The number of hydrogen-bond donors (Lipinski definition) is 1. The Morgan fingerprint density at radius 2 is 1.79 bits per heavy atom. The lowest BCUT2D eigenvalue weighted by Gasteiger charge is -2.36. The molecule has 1 aliphatic rings. The summed E-state index contributed by atoms with van der Waals surface area (Å²) in [4.78, 5) is 26.7. The lowest BCUT2D eigenvalue weighted by molar-refractivity contribution is -0.138. The van der Waals surface area contributed by atoms with Crippen molar-refractivity contribution in [2.24, 2.45) is 5.92 Å². The molecule has 1 rings (SSSR count). The van der Waals surface area contributed by atoms with Crippen LogP contribution >= 0.6 is 0 Å². The second-order valence-corrected chi connectivity index (χ2v) is 5.70. The second kappa shape index (κ2) is 6.92. The van der Waals surface area contributed by atoms with Crippen molar-refractivity contribution in [3.63, 3.8) is 0 Å². The van der Waals surface area contributed by atoms with E-state index in [1.165, 1.54) is 0 Å². The van der Waals surface area contributed by atoms with Crippen molar-refractivity contribution in [3.8, 4) is 0 Å². The minimum atomic E-state index is -0.358. The highest BCUT2D eigenvalue weighted by atomic mass is 16.2. The fraction of sp³-hybridized carbons (Fsp3) is 0.867. The van der Waals surface area contributed by atoms with Gasteiger partial charge in [0.2, 0.25) is 11.8 Å². The Hall–Kier alpha value is -1.06. The smallest absolute Gasteiger partial charge is 0.245 e. The molecule has 0 saturated carbocycles. The maximum Gasteiger partial charge on any atom is 0.245 e. The van der Waals surface area contributed by atoms with E-state index in [2.05, 4.69) is 26.1 Å². The standard InChI is InChI=1S/C15H28N2O2/c1-6-10(4)14-15(19)17(12(7-2)8-3)11(5)9-13(18)16-14/h10-12,14H,6-9H2,1-5H3,(H,16,18). The Morgan fingerprint density at radius 1 is 1.21 bits per heavy atom. The molecule has 0 aromatic carbocycles. The van der Waals surface area contributed by atoms with E-state index >= 15 is 0 Å². The summed E-state index contributed by atoms with van der Waals surface area (Å²) >= 11 is 0. The maximum absolute atomic E-state index is 12.8. The maximum atomic E-state index is 12.8. The van der Waals surface area contributed by atoms with E-state index in [0.717, 1.165) is 19.3 Å². The Kier molecular flexibility index (Phi) is 5.83. The summed E-state index contributed by atoms with van der Waals surface area (Å²) < 4.78 is 0. The molecule has 1 aliphatic heterocycles. The summed E-state index contributed by atoms with van der Waals surface area (Å²) in [6.07, 6.45) is 3.18. The molecule has 110 valence electrons. The van der Waals surface area contributed by atoms with Crippen molar-refractivity contribution in [2.45, 2.75) is 78.4 Å². The summed E-state index contributed by atoms with van der Waals surface area (Å²) in [6, 6.07) is -0.128. The first-order chi connectivity index (χ1) is 8.96. The Balaban J connectivity index is 3.05. The van der Waals surface area contributed by atoms with E-state index in [4.69, 9.17) is 0 Å². The van der Waals surface area contributed by atoms with Gasteiger partial charge in [-0.1, -0.05) is 34.1 Å². The van der Waals surface area contributed by atoms with Crippen LogP contribution in [0.1, 0.15) is 60.3 Å². The number of carbonyl (C=O) groups excluding carboxylic acids is 2. The summed E-state index contributed by atoms with van der Waals surface area (Å²) in [5.74, 6) is 0.277. The van der Waals surface area contributed by atoms with Crippen LogP contribution in [-0.4, -0.2) is 34.8 Å². The molecule has 1 saturated heterocycles. The topological polar surface area (TPSA) is 49.4 Å². The molecule has 19 heavy (non-hydrogen) atoms. The van der Waals surface area contributed by atoms with Gasteiger partial charge in [0.05, 0.1) is 0 Å². The highest BCUT2D eigenvalue weighted by molar-refractivity contribution is 5.90. The first kappa shape index (κ1) is 16.0. The van der Waals surface area contributed by atoms with E-state index in [1.807, 2.05) is 18.7 Å². The molecule has 4 heteroatoms. The van der Waals surface area contributed by atoms with Crippen LogP contribution in [0.15, 0.2) is 0 Å². The van der Waals surface area contributed by atoms with Gasteiger partial charge in [-0.15, -0.1) is 0 Å². The van der Waals surface area contributed by atoms with Crippen LogP contribution in [0.2, 0.25) is 0 Å². The molecule has 0 bridgehead atoms. The number of nitrogens with zero attached hydrogens (tertiary/aromatic N) is 1. The number of amides is 2. The molecule has 0 spiro atoms. The minimum Gasteiger partial charge on any atom is -0.344 e. The van der Waals surface area contributed by atoms with Crippen LogP contribution in [-0.2, 0) is 9.59 Å². The monoisotopic (exact) mass is 268 g/mol. The van der Waals surface area contributed by atoms with Gasteiger partial charge in [0.1, 0.15) is 6.04 Å². The van der Waals surface area contributed by atoms with Gasteiger partial charge in [0, 0.05) is 18.5 Å². The molecular formula is C15H28N2O2. The zero-order chi connectivity index (χ0) is 14.6. The highest BCUT2D eigenvalue weighted by Gasteiger charge is 2.38. The predicted molar refractivity (Wildman–Crippen MR) is 76.7 cm³/mol. The summed E-state index contributed by atoms with van der Waals surface area (Å²) in [6.45, 7) is 10.3. The largest absolute Gasteiger partial charge is 0.344 e. The van der Waals surface area contributed by atoms with Crippen LogP contribution in [0.4, 0.5) is 0 Å². The van der Waals surface area contributed by atoms with Crippen LogP contribution in [0.3, 0.4) is 0 Å². The Labute approximate surface area is 116 Å². The van der Waals surface area contributed by atoms with E-state index < -0.39 is 0 Å². The zero-order valence-electron chi connectivity index (χ0n) is 12.9. The Morgan fingerprint density at radius 3 is 2.26 bits per heavy atom. The Bertz CT molecular complexity index is 326. The van der Waals surface area contributed by atoms with Crippen molar-refractivity contribution in [1.29, 1.82) is 0 Å². The van der Waals surface area contributed by atoms with Crippen molar-refractivity contribution in [2.75, 3.05) is 0 Å². The van der Waals surface area contributed by atoms with Gasteiger partial charge in [0.15, 0.2) is 0 Å². The van der Waals surface area contributed by atoms with Gasteiger partial charge < -0.3 is 10.2 Å². The van der Waals surface area contributed by atoms with Gasteiger partial charge in [-0.2, -0.15) is 0 Å². The van der Waals surface area contributed by atoms with E-state index in [1.54, 1.807) is 0 Å². The molecule has 0 aliphatic carbocycles.